The van der Waals surface area contributed by atoms with Gasteiger partial charge in [-0.1, -0.05) is 11.6 Å². The number of halogens is 3. The molecule has 6 rings (SSSR count). The second-order valence-corrected chi connectivity index (χ2v) is 11.7. The molecule has 3 heterocycles. The lowest BCUT2D eigenvalue weighted by Crippen LogP contribution is -2.24. The first-order chi connectivity index (χ1) is 20.2. The summed E-state index contributed by atoms with van der Waals surface area (Å²) >= 11 is 5.82. The molecule has 2 aliphatic rings. The molecule has 2 aromatic carbocycles. The summed E-state index contributed by atoms with van der Waals surface area (Å²) in [5.41, 5.74) is 2.05. The van der Waals surface area contributed by atoms with E-state index in [-0.39, 0.29) is 48.3 Å². The Hall–Kier alpha value is -3.72. The molecule has 1 N–H and O–H groups in total. The second kappa shape index (κ2) is 12.5. The highest BCUT2D eigenvalue weighted by Gasteiger charge is 2.43. The third-order valence-corrected chi connectivity index (χ3v) is 8.49. The number of aromatic nitrogens is 3. The molecule has 43 heavy (non-hydrogen) atoms. The Kier molecular flexibility index (Phi) is 8.92. The van der Waals surface area contributed by atoms with Crippen molar-refractivity contribution < 1.29 is 23.4 Å². The highest BCUT2D eigenvalue weighted by Crippen LogP contribution is 2.50. The first kappa shape index (κ1) is 30.7. The molecule has 1 saturated heterocycles. The van der Waals surface area contributed by atoms with Gasteiger partial charge in [-0.2, -0.15) is 18.8 Å². The fourth-order valence-electron chi connectivity index (χ4n) is 5.74. The maximum absolute atomic E-state index is 15.0. The quantitative estimate of drug-likeness (QED) is 0.216. The first-order valence-electron chi connectivity index (χ1n) is 13.8. The van der Waals surface area contributed by atoms with E-state index >= 15 is 0 Å². The Morgan fingerprint density at radius 3 is 2.72 bits per heavy atom. The predicted octanol–water partition coefficient (Wildman–Crippen LogP) is 6.44. The summed E-state index contributed by atoms with van der Waals surface area (Å²) in [5.74, 6) is -1.41. The van der Waals surface area contributed by atoms with Crippen molar-refractivity contribution in [3.63, 3.8) is 0 Å². The number of aromatic carboxylic acids is 1. The molecule has 1 saturated carbocycles. The van der Waals surface area contributed by atoms with Crippen LogP contribution in [0.1, 0.15) is 59.0 Å². The van der Waals surface area contributed by atoms with E-state index < -0.39 is 17.6 Å². The normalized spacial score (nSPS) is 17.4. The van der Waals surface area contributed by atoms with Gasteiger partial charge in [0.15, 0.2) is 17.4 Å². The molecule has 1 atom stereocenters. The number of nitriles is 1. The number of benzene rings is 2. The fourth-order valence-corrected chi connectivity index (χ4v) is 5.90. The first-order valence-corrected chi connectivity index (χ1v) is 14.2. The minimum Gasteiger partial charge on any atom is -0.484 e. The van der Waals surface area contributed by atoms with Gasteiger partial charge in [0.05, 0.1) is 29.4 Å². The highest BCUT2D eigenvalue weighted by atomic mass is 35.5. The number of carboxylic acids is 1. The van der Waals surface area contributed by atoms with Crippen LogP contribution in [-0.2, 0) is 19.7 Å². The minimum absolute atomic E-state index is 0. The zero-order chi connectivity index (χ0) is 29.4. The number of imidazole rings is 1. The Bertz CT molecular complexity index is 1720. The van der Waals surface area contributed by atoms with Crippen LogP contribution in [0.3, 0.4) is 0 Å². The largest absolute Gasteiger partial charge is 0.484 e. The average Bonchev–Trinajstić information content (AvgIpc) is 3.40. The topological polar surface area (TPSA) is 104 Å². The molecule has 1 aliphatic heterocycles. The third-order valence-electron chi connectivity index (χ3n) is 8.26. The van der Waals surface area contributed by atoms with E-state index in [9.17, 15) is 23.9 Å². The van der Waals surface area contributed by atoms with Crippen LogP contribution in [0.2, 0.25) is 5.02 Å². The van der Waals surface area contributed by atoms with E-state index in [1.807, 2.05) is 16.7 Å². The number of likely N-dealkylation sites (tertiary alicyclic amines) is 1. The number of carboxylic acid groups (broad SMARTS) is 1. The summed E-state index contributed by atoms with van der Waals surface area (Å²) in [5, 5.41) is 19.2. The number of nitrogens with zero attached hydrogens (tertiary/aromatic N) is 5. The van der Waals surface area contributed by atoms with E-state index in [2.05, 4.69) is 20.9 Å². The average molecular weight is 626 g/mol. The second-order valence-electron chi connectivity index (χ2n) is 11.2. The number of hydrogen-bond donors (Lipinski definition) is 1. The molecular formula is C31H30ClF2N5O3S. The molecule has 4 aromatic rings. The maximum Gasteiger partial charge on any atom is 0.335 e. The van der Waals surface area contributed by atoms with Gasteiger partial charge in [0.2, 0.25) is 0 Å². The van der Waals surface area contributed by atoms with Crippen LogP contribution in [0, 0.1) is 28.4 Å². The fraction of sp³-hybridized carbons (Fsp3) is 0.355. The molecule has 8 nitrogen and oxygen atoms in total. The van der Waals surface area contributed by atoms with Gasteiger partial charge >= 0.3 is 5.97 Å². The third kappa shape index (κ3) is 6.61. The van der Waals surface area contributed by atoms with Crippen molar-refractivity contribution in [2.24, 2.45) is 5.41 Å². The number of hydrogen-bond acceptors (Lipinski definition) is 6. The molecule has 0 radical (unpaired) electrons. The lowest BCUT2D eigenvalue weighted by atomic mass is 9.99. The Morgan fingerprint density at radius 2 is 2.00 bits per heavy atom. The Labute approximate surface area is 259 Å². The predicted molar refractivity (Wildman–Crippen MR) is 162 cm³/mol. The van der Waals surface area contributed by atoms with E-state index in [1.54, 1.807) is 12.3 Å². The van der Waals surface area contributed by atoms with Crippen molar-refractivity contribution in [3.05, 3.63) is 88.0 Å². The Morgan fingerprint density at radius 1 is 1.19 bits per heavy atom. The summed E-state index contributed by atoms with van der Waals surface area (Å²) in [6.45, 7) is 2.61. The van der Waals surface area contributed by atoms with Crippen LogP contribution in [-0.4, -0.2) is 43.6 Å². The number of pyridine rings is 1. The van der Waals surface area contributed by atoms with Gasteiger partial charge in [-0.3, -0.25) is 9.88 Å². The van der Waals surface area contributed by atoms with Crippen LogP contribution in [0.4, 0.5) is 8.78 Å². The van der Waals surface area contributed by atoms with Gasteiger partial charge in [-0.25, -0.2) is 18.6 Å². The van der Waals surface area contributed by atoms with Crippen LogP contribution in [0.15, 0.2) is 48.7 Å². The standard InChI is InChI=1S/C31H28ClF2N5O3.H2S/c32-22-1-2-27(24(33)14-22)42-17-23-11-19(3-9-36-23)20-4-10-38(15-20)16-28-37-29-25(34)12-21(30(40)41)13-26(29)39(28)18-31(5-6-31)7-8-35;/h1-3,9,11-14,20H,4-7,10,15-18H2,(H,40,41);1H2/t20-;/m1./s1. The molecular weight excluding hydrogens is 596 g/mol. The van der Waals surface area contributed by atoms with Crippen LogP contribution in [0.25, 0.3) is 11.0 Å². The molecule has 0 bridgehead atoms. The van der Waals surface area contributed by atoms with E-state index in [0.29, 0.717) is 41.6 Å². The molecule has 0 amide bonds. The maximum atomic E-state index is 15.0. The monoisotopic (exact) mass is 625 g/mol. The SMILES string of the molecule is N#CCC1(Cn2c(CN3CC[C@@H](c4ccnc(COc5ccc(Cl)cc5F)c4)C3)nc3c(F)cc(C(=O)O)cc32)CC1.S. The van der Waals surface area contributed by atoms with Crippen LogP contribution < -0.4 is 4.74 Å². The van der Waals surface area contributed by atoms with E-state index in [1.165, 1.54) is 18.2 Å². The number of ether oxygens (including phenoxy) is 1. The number of carbonyl (C=O) groups is 1. The lowest BCUT2D eigenvalue weighted by molar-refractivity contribution is 0.0696. The van der Waals surface area contributed by atoms with Gasteiger partial charge < -0.3 is 14.4 Å². The van der Waals surface area contributed by atoms with Gasteiger partial charge in [-0.15, -0.1) is 0 Å². The van der Waals surface area contributed by atoms with Gasteiger partial charge in [0.25, 0.3) is 0 Å². The summed E-state index contributed by atoms with van der Waals surface area (Å²) in [6, 6.07) is 12.9. The molecule has 1 aliphatic carbocycles. The van der Waals surface area contributed by atoms with Crippen molar-refractivity contribution >= 4 is 42.1 Å². The van der Waals surface area contributed by atoms with Gasteiger partial charge in [0.1, 0.15) is 17.9 Å². The lowest BCUT2D eigenvalue weighted by Gasteiger charge is -2.20. The summed E-state index contributed by atoms with van der Waals surface area (Å²) < 4.78 is 36.6. The smallest absolute Gasteiger partial charge is 0.335 e. The molecule has 0 spiro atoms. The van der Waals surface area contributed by atoms with Gasteiger partial charge in [-0.05, 0) is 79.8 Å². The molecule has 2 fully saturated rings. The molecule has 0 unspecified atom stereocenters. The summed E-state index contributed by atoms with van der Waals surface area (Å²) in [7, 11) is 0. The zero-order valence-electron chi connectivity index (χ0n) is 23.2. The minimum atomic E-state index is -1.20. The number of fused-ring (bicyclic) bond motifs is 1. The summed E-state index contributed by atoms with van der Waals surface area (Å²) in [4.78, 5) is 22.9. The highest BCUT2D eigenvalue weighted by molar-refractivity contribution is 7.59. The Balaban J connectivity index is 0.00000368. The van der Waals surface area contributed by atoms with Crippen molar-refractivity contribution in [2.75, 3.05) is 13.1 Å². The van der Waals surface area contributed by atoms with Crippen LogP contribution in [0.5, 0.6) is 5.75 Å². The van der Waals surface area contributed by atoms with Crippen molar-refractivity contribution in [1.82, 2.24) is 19.4 Å². The summed E-state index contributed by atoms with van der Waals surface area (Å²) in [6.07, 6.45) is 4.79. The van der Waals surface area contributed by atoms with Crippen LogP contribution >= 0.6 is 25.1 Å². The van der Waals surface area contributed by atoms with E-state index in [4.69, 9.17) is 16.3 Å². The zero-order valence-corrected chi connectivity index (χ0v) is 24.9. The molecule has 12 heteroatoms. The van der Waals surface area contributed by atoms with Crippen molar-refractivity contribution in [3.8, 4) is 11.8 Å². The number of rotatable bonds is 10. The molecule has 224 valence electrons. The molecule has 2 aromatic heterocycles. The van der Waals surface area contributed by atoms with E-state index in [0.717, 1.165) is 44.0 Å². The van der Waals surface area contributed by atoms with Crippen molar-refractivity contribution in [1.29, 1.82) is 5.26 Å². The van der Waals surface area contributed by atoms with Gasteiger partial charge in [0, 0.05) is 36.1 Å². The van der Waals surface area contributed by atoms with Crippen molar-refractivity contribution in [2.45, 2.75) is 51.3 Å².